The van der Waals surface area contributed by atoms with Crippen LogP contribution in [-0.4, -0.2) is 54.5 Å². The maximum atomic E-state index is 13.1. The molecule has 1 N–H and O–H groups in total. The normalized spacial score (nSPS) is 18.8. The molecule has 1 aromatic carbocycles. The van der Waals surface area contributed by atoms with E-state index in [9.17, 15) is 4.79 Å². The van der Waals surface area contributed by atoms with Gasteiger partial charge in [0.15, 0.2) is 8.32 Å². The van der Waals surface area contributed by atoms with E-state index >= 15 is 0 Å². The van der Waals surface area contributed by atoms with E-state index in [1.807, 2.05) is 34.6 Å². The van der Waals surface area contributed by atoms with Crippen molar-refractivity contribution in [1.82, 2.24) is 20.0 Å². The average molecular weight is 585 g/mol. The Labute approximate surface area is 245 Å². The van der Waals surface area contributed by atoms with Crippen molar-refractivity contribution < 1.29 is 23.2 Å². The lowest BCUT2D eigenvalue weighted by atomic mass is 9.88. The lowest BCUT2D eigenvalue weighted by Crippen LogP contribution is -2.42. The zero-order valence-corrected chi connectivity index (χ0v) is 27.7. The Kier molecular flexibility index (Phi) is 8.79. The summed E-state index contributed by atoms with van der Waals surface area (Å²) in [5.41, 5.74) is 4.10. The Balaban J connectivity index is 1.75. The summed E-state index contributed by atoms with van der Waals surface area (Å²) in [5, 5.41) is 7.36. The zero-order valence-electron chi connectivity index (χ0n) is 26.7. The Bertz CT molecular complexity index is 1360. The van der Waals surface area contributed by atoms with Crippen LogP contribution in [0.3, 0.4) is 0 Å². The molecule has 1 saturated carbocycles. The Morgan fingerprint density at radius 1 is 1.17 bits per heavy atom. The maximum absolute atomic E-state index is 13.1. The fourth-order valence-corrected chi connectivity index (χ4v) is 6.16. The zero-order chi connectivity index (χ0) is 30.3. The van der Waals surface area contributed by atoms with Gasteiger partial charge in [-0.15, -0.1) is 0 Å². The molecule has 0 saturated heterocycles. The van der Waals surface area contributed by atoms with Gasteiger partial charge in [-0.1, -0.05) is 32.0 Å². The summed E-state index contributed by atoms with van der Waals surface area (Å²) in [7, 11) is -0.221. The van der Waals surface area contributed by atoms with E-state index in [0.29, 0.717) is 13.0 Å². The Morgan fingerprint density at radius 3 is 2.41 bits per heavy atom. The number of imidazole rings is 1. The van der Waals surface area contributed by atoms with Gasteiger partial charge < -0.3 is 28.3 Å². The fourth-order valence-electron chi connectivity index (χ4n) is 5.10. The average Bonchev–Trinajstić information content (AvgIpc) is 3.34. The van der Waals surface area contributed by atoms with Crippen LogP contribution in [0.4, 0.5) is 4.79 Å². The number of nitrogens with one attached hydrogen (secondary N) is 1. The first kappa shape index (κ1) is 31.2. The van der Waals surface area contributed by atoms with Gasteiger partial charge in [-0.3, -0.25) is 0 Å². The predicted molar refractivity (Wildman–Crippen MR) is 164 cm³/mol. The molecule has 2 heterocycles. The van der Waals surface area contributed by atoms with Crippen molar-refractivity contribution >= 4 is 25.4 Å². The van der Waals surface area contributed by atoms with Crippen molar-refractivity contribution in [2.24, 2.45) is 0 Å². The molecule has 9 nitrogen and oxygen atoms in total. The molecule has 0 spiro atoms. The highest BCUT2D eigenvalue weighted by Crippen LogP contribution is 2.41. The highest BCUT2D eigenvalue weighted by atomic mass is 28.4. The molecule has 10 heteroatoms. The highest BCUT2D eigenvalue weighted by Gasteiger charge is 2.38. The first-order valence-corrected chi connectivity index (χ1v) is 17.5. The molecule has 226 valence electrons. The first-order chi connectivity index (χ1) is 19.0. The molecule has 0 radical (unpaired) electrons. The molecule has 1 fully saturated rings. The van der Waals surface area contributed by atoms with Crippen molar-refractivity contribution in [1.29, 1.82) is 0 Å². The van der Waals surface area contributed by atoms with Crippen LogP contribution in [-0.2, 0) is 13.9 Å². The number of fused-ring (bicyclic) bond motifs is 1. The summed E-state index contributed by atoms with van der Waals surface area (Å²) in [6.45, 7) is 21.2. The van der Waals surface area contributed by atoms with E-state index in [1.165, 1.54) is 0 Å². The maximum Gasteiger partial charge on any atom is 0.408 e. The largest absolute Gasteiger partial charge is 0.444 e. The van der Waals surface area contributed by atoms with Gasteiger partial charge in [0.1, 0.15) is 17.2 Å². The minimum Gasteiger partial charge on any atom is -0.444 e. The third kappa shape index (κ3) is 6.86. The molecular weight excluding hydrogens is 536 g/mol. The second-order valence-corrected chi connectivity index (χ2v) is 18.6. The number of aryl methyl sites for hydroxylation is 2. The van der Waals surface area contributed by atoms with Crippen molar-refractivity contribution in [3.63, 3.8) is 0 Å². The predicted octanol–water partition coefficient (Wildman–Crippen LogP) is 7.64. The molecule has 0 bridgehead atoms. The third-order valence-corrected chi connectivity index (χ3v) is 13.0. The van der Waals surface area contributed by atoms with E-state index in [1.54, 1.807) is 7.11 Å². The third-order valence-electron chi connectivity index (χ3n) is 8.49. The number of hydrogen-bond acceptors (Lipinski definition) is 7. The molecular formula is C31H48N4O5Si. The minimum absolute atomic E-state index is 0.0872. The molecule has 1 aliphatic carbocycles. The van der Waals surface area contributed by atoms with E-state index < -0.39 is 26.1 Å². The van der Waals surface area contributed by atoms with Crippen LogP contribution in [0.2, 0.25) is 18.1 Å². The van der Waals surface area contributed by atoms with Crippen LogP contribution in [0.1, 0.15) is 90.2 Å². The van der Waals surface area contributed by atoms with Gasteiger partial charge in [0.2, 0.25) is 0 Å². The van der Waals surface area contributed by atoms with Gasteiger partial charge in [-0.2, -0.15) is 0 Å². The number of benzene rings is 1. The lowest BCUT2D eigenvalue weighted by Gasteiger charge is -2.38. The van der Waals surface area contributed by atoms with Gasteiger partial charge in [-0.05, 0) is 89.7 Å². The van der Waals surface area contributed by atoms with E-state index in [0.717, 1.165) is 52.3 Å². The van der Waals surface area contributed by atoms with Crippen molar-refractivity contribution in [2.75, 3.05) is 13.7 Å². The topological polar surface area (TPSA) is 101 Å². The second kappa shape index (κ2) is 11.5. The van der Waals surface area contributed by atoms with Gasteiger partial charge in [-0.25, -0.2) is 9.78 Å². The van der Waals surface area contributed by atoms with Gasteiger partial charge in [0.25, 0.3) is 0 Å². The molecule has 2 aromatic heterocycles. The van der Waals surface area contributed by atoms with Crippen LogP contribution in [0.5, 0.6) is 0 Å². The molecule has 1 unspecified atom stereocenters. The number of ether oxygens (including phenoxy) is 2. The number of methoxy groups -OCH3 is 1. The summed E-state index contributed by atoms with van der Waals surface area (Å²) in [5.74, 6) is 1.58. The summed E-state index contributed by atoms with van der Waals surface area (Å²) in [6.07, 6.45) is 2.10. The number of rotatable bonds is 9. The summed E-state index contributed by atoms with van der Waals surface area (Å²) in [4.78, 5) is 18.3. The Hall–Kier alpha value is -2.69. The van der Waals surface area contributed by atoms with Gasteiger partial charge >= 0.3 is 6.09 Å². The van der Waals surface area contributed by atoms with Crippen LogP contribution < -0.4 is 5.32 Å². The number of nitrogens with zero attached hydrogens (tertiary/aromatic N) is 3. The molecule has 1 amide bonds. The van der Waals surface area contributed by atoms with Crippen molar-refractivity contribution in [3.05, 3.63) is 35.5 Å². The number of hydrogen-bond donors (Lipinski definition) is 1. The van der Waals surface area contributed by atoms with Crippen molar-refractivity contribution in [3.8, 4) is 11.1 Å². The molecule has 0 aliphatic heterocycles. The molecule has 3 aromatic rings. The highest BCUT2D eigenvalue weighted by molar-refractivity contribution is 6.74. The molecule has 4 rings (SSSR count). The van der Waals surface area contributed by atoms with E-state index in [-0.39, 0.29) is 17.2 Å². The minimum atomic E-state index is -1.98. The standard InChI is InChI=1S/C31H48N4O5Si/c1-19-27(20(2)40-34-19)21-12-13-26-25(16-21)32-28(35(26)22-17-23(18-22)37-9)24(33-29(36)39-30(3,4)5)14-15-38-41(10,11)31(6,7)8/h12-13,16,22-24H,14-15,17-18H2,1-11H3,(H,33,36). The van der Waals surface area contributed by atoms with E-state index in [4.69, 9.17) is 23.4 Å². The molecule has 1 aliphatic rings. The fraction of sp³-hybridized carbons (Fsp3) is 0.645. The Morgan fingerprint density at radius 2 is 1.85 bits per heavy atom. The molecule has 41 heavy (non-hydrogen) atoms. The monoisotopic (exact) mass is 584 g/mol. The van der Waals surface area contributed by atoms with Crippen LogP contribution in [0.15, 0.2) is 22.7 Å². The summed E-state index contributed by atoms with van der Waals surface area (Å²) < 4.78 is 25.6. The quantitative estimate of drug-likeness (QED) is 0.258. The summed E-state index contributed by atoms with van der Waals surface area (Å²) >= 11 is 0. The number of carbonyl (C=O) groups is 1. The smallest absolute Gasteiger partial charge is 0.408 e. The number of alkyl carbamates (subject to hydrolysis) is 1. The van der Waals surface area contributed by atoms with Gasteiger partial charge in [0.05, 0.1) is 28.9 Å². The van der Waals surface area contributed by atoms with Gasteiger partial charge in [0, 0.05) is 25.3 Å². The second-order valence-electron chi connectivity index (χ2n) is 13.8. The van der Waals surface area contributed by atoms with Crippen LogP contribution in [0.25, 0.3) is 22.2 Å². The summed E-state index contributed by atoms with van der Waals surface area (Å²) in [6, 6.07) is 6.12. The van der Waals surface area contributed by atoms with E-state index in [2.05, 4.69) is 67.1 Å². The first-order valence-electron chi connectivity index (χ1n) is 14.6. The van der Waals surface area contributed by atoms with Crippen molar-refractivity contribution in [2.45, 2.75) is 117 Å². The lowest BCUT2D eigenvalue weighted by molar-refractivity contribution is 0.00578. The van der Waals surface area contributed by atoms with Crippen LogP contribution in [0, 0.1) is 13.8 Å². The number of aromatic nitrogens is 3. The van der Waals surface area contributed by atoms with Crippen LogP contribution >= 0.6 is 0 Å². The number of amides is 1. The number of carbonyl (C=O) groups excluding carboxylic acids is 1. The molecule has 1 atom stereocenters. The SMILES string of the molecule is COC1CC(n2c(C(CCO[Si](C)(C)C(C)(C)C)NC(=O)OC(C)(C)C)nc3cc(-c4c(C)noc4C)ccc32)C1.